The number of hydrogen-bond donors (Lipinski definition) is 1. The van der Waals surface area contributed by atoms with Crippen molar-refractivity contribution in [2.45, 2.75) is 64.3 Å². The Bertz CT molecular complexity index is 326. The van der Waals surface area contributed by atoms with Gasteiger partial charge in [0.05, 0.1) is 0 Å². The first kappa shape index (κ1) is 14.4. The van der Waals surface area contributed by atoms with Crippen LogP contribution in [0.1, 0.15) is 58.3 Å². The van der Waals surface area contributed by atoms with Crippen LogP contribution in [0.3, 0.4) is 0 Å². The SMILES string of the molecule is CC1CCC(C(=O)N(CC2CC2)CC2CCCN2)CC1. The Labute approximate surface area is 123 Å². The lowest BCUT2D eigenvalue weighted by atomic mass is 9.82. The molecule has 20 heavy (non-hydrogen) atoms. The van der Waals surface area contributed by atoms with E-state index in [1.807, 2.05) is 0 Å². The van der Waals surface area contributed by atoms with Crippen molar-refractivity contribution in [1.29, 1.82) is 0 Å². The van der Waals surface area contributed by atoms with Crippen molar-refractivity contribution in [3.63, 3.8) is 0 Å². The van der Waals surface area contributed by atoms with Crippen LogP contribution < -0.4 is 5.32 Å². The standard InChI is InChI=1S/C17H30N2O/c1-13-4-8-15(9-5-13)17(20)19(11-14-6-7-14)12-16-3-2-10-18-16/h13-16,18H,2-12H2,1H3. The second kappa shape index (κ2) is 6.46. The van der Waals surface area contributed by atoms with E-state index in [2.05, 4.69) is 17.1 Å². The van der Waals surface area contributed by atoms with Gasteiger partial charge < -0.3 is 10.2 Å². The van der Waals surface area contributed by atoms with Crippen molar-refractivity contribution >= 4 is 5.91 Å². The quantitative estimate of drug-likeness (QED) is 0.838. The van der Waals surface area contributed by atoms with Crippen molar-refractivity contribution in [1.82, 2.24) is 10.2 Å². The molecule has 1 atom stereocenters. The number of nitrogens with one attached hydrogen (secondary N) is 1. The summed E-state index contributed by atoms with van der Waals surface area (Å²) in [5.41, 5.74) is 0. The third kappa shape index (κ3) is 3.75. The van der Waals surface area contributed by atoms with Gasteiger partial charge in [-0.15, -0.1) is 0 Å². The lowest BCUT2D eigenvalue weighted by molar-refractivity contribution is -0.137. The second-order valence-corrected chi connectivity index (χ2v) is 7.44. The predicted octanol–water partition coefficient (Wildman–Crippen LogP) is 2.80. The van der Waals surface area contributed by atoms with Crippen LogP contribution in [0.2, 0.25) is 0 Å². The van der Waals surface area contributed by atoms with E-state index in [-0.39, 0.29) is 0 Å². The summed E-state index contributed by atoms with van der Waals surface area (Å²) in [5.74, 6) is 2.43. The molecule has 0 spiro atoms. The van der Waals surface area contributed by atoms with Crippen LogP contribution in [0.5, 0.6) is 0 Å². The number of nitrogens with zero attached hydrogens (tertiary/aromatic N) is 1. The molecule has 0 radical (unpaired) electrons. The molecule has 3 fully saturated rings. The normalized spacial score (nSPS) is 34.1. The monoisotopic (exact) mass is 278 g/mol. The van der Waals surface area contributed by atoms with E-state index >= 15 is 0 Å². The van der Waals surface area contributed by atoms with Crippen molar-refractivity contribution in [3.05, 3.63) is 0 Å². The van der Waals surface area contributed by atoms with E-state index in [9.17, 15) is 4.79 Å². The lowest BCUT2D eigenvalue weighted by Gasteiger charge is -2.32. The maximum absolute atomic E-state index is 12.9. The first-order chi connectivity index (χ1) is 9.72. The molecular formula is C17H30N2O. The number of hydrogen-bond acceptors (Lipinski definition) is 2. The Balaban J connectivity index is 1.56. The van der Waals surface area contributed by atoms with E-state index in [1.54, 1.807) is 0 Å². The minimum absolute atomic E-state index is 0.325. The minimum Gasteiger partial charge on any atom is -0.341 e. The Kier molecular flexibility index (Phi) is 4.65. The molecule has 1 aliphatic heterocycles. The van der Waals surface area contributed by atoms with Gasteiger partial charge >= 0.3 is 0 Å². The Morgan fingerprint density at radius 3 is 2.40 bits per heavy atom. The van der Waals surface area contributed by atoms with Crippen molar-refractivity contribution in [3.8, 4) is 0 Å². The number of amides is 1. The molecule has 3 rings (SSSR count). The van der Waals surface area contributed by atoms with E-state index in [4.69, 9.17) is 0 Å². The molecule has 0 bridgehead atoms. The average molecular weight is 278 g/mol. The van der Waals surface area contributed by atoms with Crippen molar-refractivity contribution in [2.75, 3.05) is 19.6 Å². The third-order valence-corrected chi connectivity index (χ3v) is 5.46. The highest BCUT2D eigenvalue weighted by Gasteiger charge is 2.33. The van der Waals surface area contributed by atoms with Crippen LogP contribution in [0, 0.1) is 17.8 Å². The average Bonchev–Trinajstić information content (AvgIpc) is 3.12. The number of rotatable bonds is 5. The van der Waals surface area contributed by atoms with Gasteiger partial charge in [-0.1, -0.05) is 6.92 Å². The van der Waals surface area contributed by atoms with E-state index < -0.39 is 0 Å². The smallest absolute Gasteiger partial charge is 0.225 e. The van der Waals surface area contributed by atoms with Crippen LogP contribution >= 0.6 is 0 Å². The molecule has 0 aromatic heterocycles. The highest BCUT2D eigenvalue weighted by atomic mass is 16.2. The molecule has 2 saturated carbocycles. The third-order valence-electron chi connectivity index (χ3n) is 5.46. The highest BCUT2D eigenvalue weighted by Crippen LogP contribution is 2.33. The van der Waals surface area contributed by atoms with Crippen molar-refractivity contribution in [2.24, 2.45) is 17.8 Å². The Morgan fingerprint density at radius 2 is 1.80 bits per heavy atom. The molecule has 1 unspecified atom stereocenters. The Morgan fingerprint density at radius 1 is 1.05 bits per heavy atom. The summed E-state index contributed by atoms with van der Waals surface area (Å²) in [7, 11) is 0. The summed E-state index contributed by atoms with van der Waals surface area (Å²) >= 11 is 0. The summed E-state index contributed by atoms with van der Waals surface area (Å²) in [5, 5.41) is 3.55. The van der Waals surface area contributed by atoms with Gasteiger partial charge in [0, 0.05) is 25.0 Å². The first-order valence-electron chi connectivity index (χ1n) is 8.74. The molecule has 1 saturated heterocycles. The lowest BCUT2D eigenvalue weighted by Crippen LogP contribution is -2.45. The molecular weight excluding hydrogens is 248 g/mol. The fraction of sp³-hybridized carbons (Fsp3) is 0.941. The topological polar surface area (TPSA) is 32.3 Å². The van der Waals surface area contributed by atoms with E-state index in [1.165, 1.54) is 38.5 Å². The van der Waals surface area contributed by atoms with Gasteiger partial charge in [-0.05, 0) is 69.7 Å². The van der Waals surface area contributed by atoms with Gasteiger partial charge in [0.2, 0.25) is 5.91 Å². The largest absolute Gasteiger partial charge is 0.341 e. The molecule has 3 nitrogen and oxygen atoms in total. The van der Waals surface area contributed by atoms with Crippen LogP contribution in [0.25, 0.3) is 0 Å². The molecule has 3 heteroatoms. The predicted molar refractivity (Wildman–Crippen MR) is 81.5 cm³/mol. The highest BCUT2D eigenvalue weighted by molar-refractivity contribution is 5.79. The number of carbonyl (C=O) groups is 1. The zero-order valence-electron chi connectivity index (χ0n) is 12.9. The van der Waals surface area contributed by atoms with Gasteiger partial charge in [-0.3, -0.25) is 4.79 Å². The van der Waals surface area contributed by atoms with Crippen LogP contribution in [-0.2, 0) is 4.79 Å². The molecule has 0 aromatic carbocycles. The molecule has 3 aliphatic rings. The number of carbonyl (C=O) groups excluding carboxylic acids is 1. The van der Waals surface area contributed by atoms with Gasteiger partial charge in [0.15, 0.2) is 0 Å². The summed E-state index contributed by atoms with van der Waals surface area (Å²) in [6.45, 7) is 5.45. The summed E-state index contributed by atoms with van der Waals surface area (Å²) in [4.78, 5) is 15.1. The van der Waals surface area contributed by atoms with Gasteiger partial charge in [0.25, 0.3) is 0 Å². The zero-order valence-corrected chi connectivity index (χ0v) is 12.9. The molecule has 114 valence electrons. The molecule has 1 heterocycles. The molecule has 1 amide bonds. The first-order valence-corrected chi connectivity index (χ1v) is 8.74. The molecule has 1 N–H and O–H groups in total. The maximum atomic E-state index is 12.9. The zero-order chi connectivity index (χ0) is 13.9. The fourth-order valence-corrected chi connectivity index (χ4v) is 3.81. The maximum Gasteiger partial charge on any atom is 0.225 e. The van der Waals surface area contributed by atoms with Crippen LogP contribution in [-0.4, -0.2) is 36.5 Å². The van der Waals surface area contributed by atoms with Gasteiger partial charge in [-0.25, -0.2) is 0 Å². The second-order valence-electron chi connectivity index (χ2n) is 7.44. The summed E-state index contributed by atoms with van der Waals surface area (Å²) in [6, 6.07) is 0.556. The van der Waals surface area contributed by atoms with E-state index in [0.717, 1.165) is 44.3 Å². The van der Waals surface area contributed by atoms with E-state index in [0.29, 0.717) is 17.9 Å². The van der Waals surface area contributed by atoms with Crippen molar-refractivity contribution < 1.29 is 4.79 Å². The van der Waals surface area contributed by atoms with Gasteiger partial charge in [-0.2, -0.15) is 0 Å². The fourth-order valence-electron chi connectivity index (χ4n) is 3.81. The van der Waals surface area contributed by atoms with Gasteiger partial charge in [0.1, 0.15) is 0 Å². The minimum atomic E-state index is 0.325. The molecule has 2 aliphatic carbocycles. The Hall–Kier alpha value is -0.570. The van der Waals surface area contributed by atoms with Crippen LogP contribution in [0.15, 0.2) is 0 Å². The van der Waals surface area contributed by atoms with Crippen LogP contribution in [0.4, 0.5) is 0 Å². The molecule has 0 aromatic rings. The summed E-state index contributed by atoms with van der Waals surface area (Å²) < 4.78 is 0. The summed E-state index contributed by atoms with van der Waals surface area (Å²) in [6.07, 6.45) is 9.93.